The molecule has 0 unspecified atom stereocenters. The molecule has 0 aliphatic carbocycles. The third-order valence-electron chi connectivity index (χ3n) is 5.15. The summed E-state index contributed by atoms with van der Waals surface area (Å²) >= 11 is 0. The molecule has 1 aromatic carbocycles. The van der Waals surface area contributed by atoms with Gasteiger partial charge in [0.15, 0.2) is 0 Å². The fourth-order valence-electron chi connectivity index (χ4n) is 3.56. The van der Waals surface area contributed by atoms with Gasteiger partial charge in [0.25, 0.3) is 0 Å². The highest BCUT2D eigenvalue weighted by Crippen LogP contribution is 2.25. The Morgan fingerprint density at radius 2 is 2.24 bits per heavy atom. The highest BCUT2D eigenvalue weighted by molar-refractivity contribution is 5.81. The first-order chi connectivity index (χ1) is 12.1. The highest BCUT2D eigenvalue weighted by Gasteiger charge is 2.24. The van der Waals surface area contributed by atoms with Crippen molar-refractivity contribution in [2.24, 2.45) is 0 Å². The minimum Gasteiger partial charge on any atom is -0.340 e. The Morgan fingerprint density at radius 3 is 3.04 bits per heavy atom. The second-order valence-electron chi connectivity index (χ2n) is 7.07. The van der Waals surface area contributed by atoms with Crippen LogP contribution in [-0.4, -0.2) is 40.0 Å². The number of carbonyl (C=O) groups excluding carboxylic acids is 1. The van der Waals surface area contributed by atoms with E-state index in [-0.39, 0.29) is 11.9 Å². The van der Waals surface area contributed by atoms with Crippen molar-refractivity contribution >= 4 is 5.91 Å². The number of amides is 1. The van der Waals surface area contributed by atoms with E-state index < -0.39 is 0 Å². The molecule has 1 aliphatic heterocycles. The largest absolute Gasteiger partial charge is 0.340 e. The summed E-state index contributed by atoms with van der Waals surface area (Å²) in [6, 6.07) is 8.02. The van der Waals surface area contributed by atoms with Crippen LogP contribution in [0.3, 0.4) is 0 Å². The van der Waals surface area contributed by atoms with Crippen molar-refractivity contribution in [1.82, 2.24) is 19.8 Å². The minimum atomic E-state index is -0.195. The van der Waals surface area contributed by atoms with Gasteiger partial charge < -0.3 is 14.8 Å². The van der Waals surface area contributed by atoms with Gasteiger partial charge in [0, 0.05) is 45.0 Å². The summed E-state index contributed by atoms with van der Waals surface area (Å²) in [5.41, 5.74) is 2.41. The molecule has 0 bridgehead atoms. The summed E-state index contributed by atoms with van der Waals surface area (Å²) in [4.78, 5) is 19.0. The van der Waals surface area contributed by atoms with Crippen molar-refractivity contribution in [3.63, 3.8) is 0 Å². The van der Waals surface area contributed by atoms with Gasteiger partial charge in [0.05, 0.1) is 6.04 Å². The molecule has 3 rings (SSSR count). The van der Waals surface area contributed by atoms with Gasteiger partial charge in [-0.05, 0) is 37.8 Å². The number of aromatic nitrogens is 2. The van der Waals surface area contributed by atoms with Crippen molar-refractivity contribution in [2.75, 3.05) is 13.6 Å². The molecular formula is C20H28N4O. The number of likely N-dealkylation sites (N-methyl/N-ethyl adjacent to an activating group) is 1. The van der Waals surface area contributed by atoms with Crippen molar-refractivity contribution in [2.45, 2.75) is 51.7 Å². The van der Waals surface area contributed by atoms with Gasteiger partial charge >= 0.3 is 0 Å². The highest BCUT2D eigenvalue weighted by atomic mass is 16.2. The number of rotatable bonds is 6. The predicted molar refractivity (Wildman–Crippen MR) is 99.3 cm³/mol. The predicted octanol–water partition coefficient (Wildman–Crippen LogP) is 2.71. The molecule has 1 amide bonds. The van der Waals surface area contributed by atoms with Crippen LogP contribution in [0.2, 0.25) is 0 Å². The molecule has 0 fully saturated rings. The van der Waals surface area contributed by atoms with Crippen molar-refractivity contribution in [3.05, 3.63) is 53.6 Å². The van der Waals surface area contributed by atoms with E-state index in [9.17, 15) is 4.79 Å². The van der Waals surface area contributed by atoms with Crippen molar-refractivity contribution < 1.29 is 4.79 Å². The SMILES string of the molecule is Cc1ccccc1CN(C)C(=O)[C@H](C)NC[C@@H]1CCCn2ccnc21. The first-order valence-corrected chi connectivity index (χ1v) is 9.10. The van der Waals surface area contributed by atoms with Gasteiger partial charge in [-0.25, -0.2) is 4.98 Å². The monoisotopic (exact) mass is 340 g/mol. The molecule has 2 heterocycles. The number of imidazole rings is 1. The van der Waals surface area contributed by atoms with Gasteiger partial charge in [-0.2, -0.15) is 0 Å². The van der Waals surface area contributed by atoms with Crippen molar-refractivity contribution in [3.8, 4) is 0 Å². The molecule has 1 aliphatic rings. The van der Waals surface area contributed by atoms with E-state index in [0.717, 1.165) is 25.3 Å². The van der Waals surface area contributed by atoms with Crippen LogP contribution in [0.25, 0.3) is 0 Å². The Labute approximate surface area is 150 Å². The lowest BCUT2D eigenvalue weighted by atomic mass is 9.98. The van der Waals surface area contributed by atoms with Crippen LogP contribution in [0.1, 0.15) is 42.6 Å². The van der Waals surface area contributed by atoms with Crippen LogP contribution in [-0.2, 0) is 17.9 Å². The Morgan fingerprint density at radius 1 is 1.44 bits per heavy atom. The van der Waals surface area contributed by atoms with Crippen LogP contribution in [0.15, 0.2) is 36.7 Å². The molecule has 1 aromatic heterocycles. The number of aryl methyl sites for hydroxylation is 2. The lowest BCUT2D eigenvalue weighted by molar-refractivity contribution is -0.132. The summed E-state index contributed by atoms with van der Waals surface area (Å²) in [6.45, 7) is 6.53. The van der Waals surface area contributed by atoms with Gasteiger partial charge in [-0.3, -0.25) is 4.79 Å². The van der Waals surface area contributed by atoms with Gasteiger partial charge in [0.2, 0.25) is 5.91 Å². The fourth-order valence-corrected chi connectivity index (χ4v) is 3.56. The van der Waals surface area contributed by atoms with Crippen LogP contribution < -0.4 is 5.32 Å². The van der Waals surface area contributed by atoms with Crippen LogP contribution >= 0.6 is 0 Å². The smallest absolute Gasteiger partial charge is 0.239 e. The first-order valence-electron chi connectivity index (χ1n) is 9.10. The lowest BCUT2D eigenvalue weighted by Crippen LogP contribution is -2.44. The van der Waals surface area contributed by atoms with Gasteiger partial charge in [-0.15, -0.1) is 0 Å². The van der Waals surface area contributed by atoms with E-state index in [1.165, 1.54) is 17.5 Å². The molecule has 134 valence electrons. The summed E-state index contributed by atoms with van der Waals surface area (Å²) in [5.74, 6) is 1.66. The zero-order valence-electron chi connectivity index (χ0n) is 15.4. The average molecular weight is 340 g/mol. The Bertz CT molecular complexity index is 724. The number of carbonyl (C=O) groups is 1. The molecule has 0 spiro atoms. The van der Waals surface area contributed by atoms with Crippen LogP contribution in [0.4, 0.5) is 0 Å². The van der Waals surface area contributed by atoms with E-state index >= 15 is 0 Å². The number of nitrogens with zero attached hydrogens (tertiary/aromatic N) is 3. The summed E-state index contributed by atoms with van der Waals surface area (Å²) in [5, 5.41) is 3.42. The second-order valence-corrected chi connectivity index (χ2v) is 7.07. The molecule has 0 radical (unpaired) electrons. The molecule has 0 saturated heterocycles. The number of fused-ring (bicyclic) bond motifs is 1. The standard InChI is InChI=1S/C20H28N4O/c1-15-7-4-5-8-18(15)14-23(3)20(25)16(2)22-13-17-9-6-11-24-12-10-21-19(17)24/h4-5,7-8,10,12,16-17,22H,6,9,11,13-14H2,1-3H3/t16-,17-/m0/s1. The van der Waals surface area contributed by atoms with E-state index in [1.807, 2.05) is 43.4 Å². The zero-order valence-corrected chi connectivity index (χ0v) is 15.4. The zero-order chi connectivity index (χ0) is 17.8. The Hall–Kier alpha value is -2.14. The van der Waals surface area contributed by atoms with E-state index in [1.54, 1.807) is 0 Å². The maximum atomic E-state index is 12.7. The molecule has 5 heteroatoms. The topological polar surface area (TPSA) is 50.2 Å². The summed E-state index contributed by atoms with van der Waals surface area (Å²) in [7, 11) is 1.88. The normalized spacial score (nSPS) is 17.8. The molecule has 25 heavy (non-hydrogen) atoms. The van der Waals surface area contributed by atoms with Crippen LogP contribution in [0, 0.1) is 6.92 Å². The Kier molecular flexibility index (Phi) is 5.53. The van der Waals surface area contributed by atoms with Gasteiger partial charge in [-0.1, -0.05) is 24.3 Å². The average Bonchev–Trinajstić information content (AvgIpc) is 3.10. The quantitative estimate of drug-likeness (QED) is 0.880. The minimum absolute atomic E-state index is 0.127. The molecule has 2 aromatic rings. The summed E-state index contributed by atoms with van der Waals surface area (Å²) < 4.78 is 2.23. The number of benzene rings is 1. The fraction of sp³-hybridized carbons (Fsp3) is 0.500. The number of nitrogens with one attached hydrogen (secondary N) is 1. The van der Waals surface area contributed by atoms with E-state index in [2.05, 4.69) is 33.9 Å². The maximum absolute atomic E-state index is 12.7. The lowest BCUT2D eigenvalue weighted by Gasteiger charge is -2.27. The summed E-state index contributed by atoms with van der Waals surface area (Å²) in [6.07, 6.45) is 6.22. The van der Waals surface area contributed by atoms with E-state index in [0.29, 0.717) is 12.5 Å². The van der Waals surface area contributed by atoms with Crippen LogP contribution in [0.5, 0.6) is 0 Å². The maximum Gasteiger partial charge on any atom is 0.239 e. The van der Waals surface area contributed by atoms with E-state index in [4.69, 9.17) is 0 Å². The van der Waals surface area contributed by atoms with Crippen molar-refractivity contribution in [1.29, 1.82) is 0 Å². The molecule has 2 atom stereocenters. The number of hydrogen-bond acceptors (Lipinski definition) is 3. The molecule has 1 N–H and O–H groups in total. The third-order valence-corrected chi connectivity index (χ3v) is 5.15. The Balaban J connectivity index is 1.54. The van der Waals surface area contributed by atoms with Gasteiger partial charge in [0.1, 0.15) is 5.82 Å². The molecule has 5 nitrogen and oxygen atoms in total. The molecular weight excluding hydrogens is 312 g/mol. The first kappa shape index (κ1) is 17.7. The number of hydrogen-bond donors (Lipinski definition) is 1. The second kappa shape index (κ2) is 7.83. The molecule has 0 saturated carbocycles. The third kappa shape index (κ3) is 4.10.